The minimum atomic E-state index is 0.190. The summed E-state index contributed by atoms with van der Waals surface area (Å²) in [5.41, 5.74) is 5.14. The maximum atomic E-state index is 5.60. The van der Waals surface area contributed by atoms with Gasteiger partial charge in [-0.3, -0.25) is 0 Å². The summed E-state index contributed by atoms with van der Waals surface area (Å²) < 4.78 is 5.60. The number of hydrogen-bond acceptors (Lipinski definition) is 2. The molecular formula is C18H23NO. The summed E-state index contributed by atoms with van der Waals surface area (Å²) >= 11 is 0. The first kappa shape index (κ1) is 14.6. The fourth-order valence-corrected chi connectivity index (χ4v) is 2.52. The highest BCUT2D eigenvalue weighted by Crippen LogP contribution is 2.27. The van der Waals surface area contributed by atoms with E-state index in [2.05, 4.69) is 55.6 Å². The van der Waals surface area contributed by atoms with Crippen LogP contribution in [0.25, 0.3) is 0 Å². The molecule has 0 heterocycles. The van der Waals surface area contributed by atoms with Crippen molar-refractivity contribution < 1.29 is 4.74 Å². The molecule has 1 atom stereocenters. The zero-order valence-corrected chi connectivity index (χ0v) is 12.7. The van der Waals surface area contributed by atoms with Gasteiger partial charge in [-0.15, -0.1) is 0 Å². The van der Waals surface area contributed by atoms with Crippen LogP contribution in [-0.2, 0) is 0 Å². The van der Waals surface area contributed by atoms with Crippen LogP contribution in [0.5, 0.6) is 5.75 Å². The van der Waals surface area contributed by atoms with Crippen LogP contribution in [-0.4, -0.2) is 13.7 Å². The monoisotopic (exact) mass is 269 g/mol. The van der Waals surface area contributed by atoms with Gasteiger partial charge in [0.2, 0.25) is 0 Å². The van der Waals surface area contributed by atoms with Crippen molar-refractivity contribution in [3.63, 3.8) is 0 Å². The Kier molecular flexibility index (Phi) is 4.80. The lowest BCUT2D eigenvalue weighted by molar-refractivity contribution is 0.339. The lowest BCUT2D eigenvalue weighted by Crippen LogP contribution is -2.19. The quantitative estimate of drug-likeness (QED) is 0.885. The molecule has 2 rings (SSSR count). The van der Waals surface area contributed by atoms with E-state index in [-0.39, 0.29) is 6.04 Å². The molecule has 2 nitrogen and oxygen atoms in total. The zero-order valence-electron chi connectivity index (χ0n) is 12.7. The number of benzene rings is 2. The van der Waals surface area contributed by atoms with E-state index >= 15 is 0 Å². The summed E-state index contributed by atoms with van der Waals surface area (Å²) in [6.07, 6.45) is 0. The molecule has 0 fully saturated rings. The van der Waals surface area contributed by atoms with Gasteiger partial charge in [-0.1, -0.05) is 35.9 Å². The van der Waals surface area contributed by atoms with E-state index in [1.807, 2.05) is 20.0 Å². The molecule has 1 N–H and O–H groups in total. The highest BCUT2D eigenvalue weighted by atomic mass is 16.5. The van der Waals surface area contributed by atoms with Gasteiger partial charge in [0.15, 0.2) is 0 Å². The normalized spacial score (nSPS) is 12.2. The second-order valence-electron chi connectivity index (χ2n) is 5.09. The first-order chi connectivity index (χ1) is 9.65. The Balaban J connectivity index is 2.41. The van der Waals surface area contributed by atoms with Crippen LogP contribution in [0.4, 0.5) is 0 Å². The highest BCUT2D eigenvalue weighted by molar-refractivity contribution is 5.41. The highest BCUT2D eigenvalue weighted by Gasteiger charge is 2.15. The van der Waals surface area contributed by atoms with Crippen LogP contribution in [0.2, 0.25) is 0 Å². The molecule has 0 saturated carbocycles. The number of ether oxygens (including phenoxy) is 1. The standard InChI is InChI=1S/C18H23NO/c1-5-20-16-8-6-7-15(12-16)18(19-4)17-11-13(2)9-10-14(17)3/h6-12,18-19H,5H2,1-4H3. The topological polar surface area (TPSA) is 21.3 Å². The van der Waals surface area contributed by atoms with Crippen molar-refractivity contribution in [3.8, 4) is 5.75 Å². The molecule has 2 heteroatoms. The number of aryl methyl sites for hydroxylation is 2. The average molecular weight is 269 g/mol. The smallest absolute Gasteiger partial charge is 0.119 e. The Morgan fingerprint density at radius 3 is 2.60 bits per heavy atom. The molecule has 20 heavy (non-hydrogen) atoms. The summed E-state index contributed by atoms with van der Waals surface area (Å²) in [5, 5.41) is 3.42. The largest absolute Gasteiger partial charge is 0.494 e. The fourth-order valence-electron chi connectivity index (χ4n) is 2.52. The van der Waals surface area contributed by atoms with E-state index < -0.39 is 0 Å². The van der Waals surface area contributed by atoms with Crippen molar-refractivity contribution >= 4 is 0 Å². The molecule has 106 valence electrons. The molecule has 0 aliphatic rings. The molecule has 0 spiro atoms. The summed E-state index contributed by atoms with van der Waals surface area (Å²) in [5.74, 6) is 0.926. The van der Waals surface area contributed by atoms with Crippen molar-refractivity contribution in [2.45, 2.75) is 26.8 Å². The molecule has 2 aromatic rings. The van der Waals surface area contributed by atoms with Gasteiger partial charge >= 0.3 is 0 Å². The average Bonchev–Trinajstić information content (AvgIpc) is 2.44. The molecule has 0 saturated heterocycles. The number of hydrogen-bond donors (Lipinski definition) is 1. The molecule has 0 bridgehead atoms. The van der Waals surface area contributed by atoms with Crippen LogP contribution in [0.15, 0.2) is 42.5 Å². The minimum Gasteiger partial charge on any atom is -0.494 e. The van der Waals surface area contributed by atoms with E-state index in [0.29, 0.717) is 6.61 Å². The third-order valence-corrected chi connectivity index (χ3v) is 3.54. The van der Waals surface area contributed by atoms with Gasteiger partial charge in [-0.05, 0) is 56.6 Å². The van der Waals surface area contributed by atoms with Crippen LogP contribution in [0.1, 0.15) is 35.2 Å². The maximum Gasteiger partial charge on any atom is 0.119 e. The molecule has 2 aromatic carbocycles. The first-order valence-corrected chi connectivity index (χ1v) is 7.13. The SMILES string of the molecule is CCOc1cccc(C(NC)c2cc(C)ccc2C)c1. The summed E-state index contributed by atoms with van der Waals surface area (Å²) in [6.45, 7) is 6.99. The van der Waals surface area contributed by atoms with Crippen LogP contribution < -0.4 is 10.1 Å². The first-order valence-electron chi connectivity index (χ1n) is 7.13. The summed E-state index contributed by atoms with van der Waals surface area (Å²) in [7, 11) is 2.00. The zero-order chi connectivity index (χ0) is 14.5. The molecule has 0 radical (unpaired) electrons. The lowest BCUT2D eigenvalue weighted by atomic mass is 9.93. The van der Waals surface area contributed by atoms with Crippen molar-refractivity contribution in [3.05, 3.63) is 64.7 Å². The number of rotatable bonds is 5. The second kappa shape index (κ2) is 6.58. The maximum absolute atomic E-state index is 5.60. The van der Waals surface area contributed by atoms with E-state index in [4.69, 9.17) is 4.74 Å². The molecule has 0 amide bonds. The van der Waals surface area contributed by atoms with Crippen LogP contribution in [0.3, 0.4) is 0 Å². The molecular weight excluding hydrogens is 246 g/mol. The Morgan fingerprint density at radius 1 is 1.10 bits per heavy atom. The second-order valence-corrected chi connectivity index (χ2v) is 5.09. The summed E-state index contributed by atoms with van der Waals surface area (Å²) in [4.78, 5) is 0. The third-order valence-electron chi connectivity index (χ3n) is 3.54. The van der Waals surface area contributed by atoms with E-state index in [9.17, 15) is 0 Å². The van der Waals surface area contributed by atoms with Crippen LogP contribution >= 0.6 is 0 Å². The lowest BCUT2D eigenvalue weighted by Gasteiger charge is -2.20. The minimum absolute atomic E-state index is 0.190. The Hall–Kier alpha value is -1.80. The Labute approximate surface area is 121 Å². The third kappa shape index (κ3) is 3.20. The van der Waals surface area contributed by atoms with Crippen LogP contribution in [0, 0.1) is 13.8 Å². The number of nitrogens with one attached hydrogen (secondary N) is 1. The Morgan fingerprint density at radius 2 is 1.90 bits per heavy atom. The summed E-state index contributed by atoms with van der Waals surface area (Å²) in [6, 6.07) is 15.1. The van der Waals surface area contributed by atoms with E-state index in [0.717, 1.165) is 5.75 Å². The van der Waals surface area contributed by atoms with Crippen molar-refractivity contribution in [2.75, 3.05) is 13.7 Å². The van der Waals surface area contributed by atoms with Gasteiger partial charge in [0.05, 0.1) is 12.6 Å². The predicted octanol–water partition coefficient (Wildman–Crippen LogP) is 4.01. The molecule has 0 aliphatic carbocycles. The van der Waals surface area contributed by atoms with Crippen molar-refractivity contribution in [2.24, 2.45) is 0 Å². The van der Waals surface area contributed by atoms with Gasteiger partial charge in [0.1, 0.15) is 5.75 Å². The van der Waals surface area contributed by atoms with E-state index in [1.54, 1.807) is 0 Å². The Bertz CT molecular complexity index is 577. The molecule has 0 aliphatic heterocycles. The predicted molar refractivity (Wildman–Crippen MR) is 84.4 cm³/mol. The molecule has 0 aromatic heterocycles. The van der Waals surface area contributed by atoms with Gasteiger partial charge in [-0.25, -0.2) is 0 Å². The van der Waals surface area contributed by atoms with Gasteiger partial charge in [-0.2, -0.15) is 0 Å². The van der Waals surface area contributed by atoms with Gasteiger partial charge in [0, 0.05) is 0 Å². The molecule has 1 unspecified atom stereocenters. The van der Waals surface area contributed by atoms with Gasteiger partial charge in [0.25, 0.3) is 0 Å². The van der Waals surface area contributed by atoms with Crippen molar-refractivity contribution in [1.82, 2.24) is 5.32 Å². The fraction of sp³-hybridized carbons (Fsp3) is 0.333. The van der Waals surface area contributed by atoms with E-state index in [1.165, 1.54) is 22.3 Å². The van der Waals surface area contributed by atoms with Crippen molar-refractivity contribution in [1.29, 1.82) is 0 Å². The van der Waals surface area contributed by atoms with Gasteiger partial charge < -0.3 is 10.1 Å².